The maximum Gasteiger partial charge on any atom is 0.261 e. The lowest BCUT2D eigenvalue weighted by atomic mass is 10.2. The van der Waals surface area contributed by atoms with Gasteiger partial charge in [-0.15, -0.1) is 0 Å². The van der Waals surface area contributed by atoms with Crippen LogP contribution in [-0.4, -0.2) is 18.6 Å². The molecule has 0 fully saturated rings. The van der Waals surface area contributed by atoms with Crippen molar-refractivity contribution in [1.82, 2.24) is 5.32 Å². The summed E-state index contributed by atoms with van der Waals surface area (Å²) >= 11 is 0. The molecule has 0 radical (unpaired) electrons. The van der Waals surface area contributed by atoms with Crippen LogP contribution in [0.2, 0.25) is 0 Å². The number of ether oxygens (including phenoxy) is 2. The first-order valence-electron chi connectivity index (χ1n) is 7.82. The van der Waals surface area contributed by atoms with E-state index in [9.17, 15) is 4.79 Å². The number of rotatable bonds is 7. The van der Waals surface area contributed by atoms with Gasteiger partial charge in [-0.2, -0.15) is 0 Å². The fraction of sp³-hybridized carbons (Fsp3) is 0.316. The Morgan fingerprint density at radius 3 is 2.43 bits per heavy atom. The highest BCUT2D eigenvalue weighted by atomic mass is 16.5. The minimum atomic E-state index is -0.560. The summed E-state index contributed by atoms with van der Waals surface area (Å²) in [5.41, 5.74) is 1.96. The fourth-order valence-corrected chi connectivity index (χ4v) is 2.20. The highest BCUT2D eigenvalue weighted by Gasteiger charge is 2.15. The Morgan fingerprint density at radius 2 is 1.74 bits per heavy atom. The summed E-state index contributed by atoms with van der Waals surface area (Å²) in [6.07, 6.45) is -0.560. The van der Waals surface area contributed by atoms with Crippen molar-refractivity contribution in [3.8, 4) is 11.5 Å². The predicted molar refractivity (Wildman–Crippen MR) is 90.7 cm³/mol. The van der Waals surface area contributed by atoms with Crippen LogP contribution in [0.1, 0.15) is 25.0 Å². The molecule has 2 rings (SSSR count). The van der Waals surface area contributed by atoms with Crippen molar-refractivity contribution in [2.75, 3.05) is 6.61 Å². The number of para-hydroxylation sites is 2. The van der Waals surface area contributed by atoms with Gasteiger partial charge in [0.15, 0.2) is 6.10 Å². The van der Waals surface area contributed by atoms with E-state index >= 15 is 0 Å². The molecule has 4 heteroatoms. The van der Waals surface area contributed by atoms with Crippen molar-refractivity contribution < 1.29 is 14.3 Å². The Balaban J connectivity index is 1.93. The first-order valence-corrected chi connectivity index (χ1v) is 7.82. The molecule has 0 aliphatic heterocycles. The molecule has 1 amide bonds. The van der Waals surface area contributed by atoms with E-state index in [1.807, 2.05) is 62.4 Å². The summed E-state index contributed by atoms with van der Waals surface area (Å²) in [7, 11) is 0. The molecule has 1 atom stereocenters. The second-order valence-electron chi connectivity index (χ2n) is 5.28. The molecule has 0 spiro atoms. The Morgan fingerprint density at radius 1 is 1.09 bits per heavy atom. The zero-order valence-electron chi connectivity index (χ0n) is 13.8. The zero-order valence-corrected chi connectivity index (χ0v) is 13.8. The van der Waals surface area contributed by atoms with Gasteiger partial charge >= 0.3 is 0 Å². The van der Waals surface area contributed by atoms with E-state index in [4.69, 9.17) is 9.47 Å². The standard InChI is InChI=1S/C19H23NO3/c1-4-22-18-12-8-6-10-16(18)13-20-19(21)15(3)23-17-11-7-5-9-14(17)2/h5-12,15H,4,13H2,1-3H3,(H,20,21). The number of benzene rings is 2. The van der Waals surface area contributed by atoms with Crippen LogP contribution < -0.4 is 14.8 Å². The minimum absolute atomic E-state index is 0.153. The topological polar surface area (TPSA) is 47.6 Å². The molecule has 1 N–H and O–H groups in total. The van der Waals surface area contributed by atoms with Crippen molar-refractivity contribution >= 4 is 5.91 Å². The summed E-state index contributed by atoms with van der Waals surface area (Å²) in [5, 5.41) is 2.89. The number of carbonyl (C=O) groups is 1. The normalized spacial score (nSPS) is 11.6. The Kier molecular flexibility index (Phi) is 6.03. The molecule has 2 aromatic rings. The average molecular weight is 313 g/mol. The fourth-order valence-electron chi connectivity index (χ4n) is 2.20. The number of nitrogens with one attached hydrogen (secondary N) is 1. The Labute approximate surface area is 137 Å². The van der Waals surface area contributed by atoms with Crippen molar-refractivity contribution in [2.45, 2.75) is 33.4 Å². The summed E-state index contributed by atoms with van der Waals surface area (Å²) in [5.74, 6) is 1.37. The third-order valence-corrected chi connectivity index (χ3v) is 3.49. The molecule has 0 aromatic heterocycles. The van der Waals surface area contributed by atoms with E-state index < -0.39 is 6.10 Å². The van der Waals surface area contributed by atoms with Crippen LogP contribution in [0.4, 0.5) is 0 Å². The van der Waals surface area contributed by atoms with Gasteiger partial charge in [0.2, 0.25) is 0 Å². The maximum atomic E-state index is 12.2. The van der Waals surface area contributed by atoms with Gasteiger partial charge in [-0.3, -0.25) is 4.79 Å². The Bertz CT molecular complexity index is 655. The van der Waals surface area contributed by atoms with Gasteiger partial charge in [0.05, 0.1) is 6.61 Å². The smallest absolute Gasteiger partial charge is 0.261 e. The van der Waals surface area contributed by atoms with E-state index in [0.29, 0.717) is 13.2 Å². The second-order valence-corrected chi connectivity index (χ2v) is 5.28. The van der Waals surface area contributed by atoms with Crippen LogP contribution in [0.15, 0.2) is 48.5 Å². The molecule has 0 saturated heterocycles. The van der Waals surface area contributed by atoms with Crippen molar-refractivity contribution in [1.29, 1.82) is 0 Å². The third-order valence-electron chi connectivity index (χ3n) is 3.49. The number of amides is 1. The van der Waals surface area contributed by atoms with E-state index in [1.165, 1.54) is 0 Å². The highest BCUT2D eigenvalue weighted by molar-refractivity contribution is 5.80. The van der Waals surface area contributed by atoms with Gasteiger partial charge in [-0.05, 0) is 38.5 Å². The van der Waals surface area contributed by atoms with Crippen LogP contribution in [0.3, 0.4) is 0 Å². The first kappa shape index (κ1) is 16.9. The van der Waals surface area contributed by atoms with Crippen LogP contribution in [-0.2, 0) is 11.3 Å². The van der Waals surface area contributed by atoms with E-state index in [-0.39, 0.29) is 5.91 Å². The van der Waals surface area contributed by atoms with Crippen LogP contribution >= 0.6 is 0 Å². The van der Waals surface area contributed by atoms with Crippen LogP contribution in [0, 0.1) is 6.92 Å². The first-order chi connectivity index (χ1) is 11.1. The number of hydrogen-bond acceptors (Lipinski definition) is 3. The summed E-state index contributed by atoms with van der Waals surface area (Å²) in [6, 6.07) is 15.3. The number of aryl methyl sites for hydroxylation is 1. The van der Waals surface area contributed by atoms with Gasteiger partial charge in [0, 0.05) is 12.1 Å². The summed E-state index contributed by atoms with van der Waals surface area (Å²) in [4.78, 5) is 12.2. The molecule has 0 aliphatic carbocycles. The lowest BCUT2D eigenvalue weighted by Crippen LogP contribution is -2.36. The van der Waals surface area contributed by atoms with Crippen LogP contribution in [0.25, 0.3) is 0 Å². The van der Waals surface area contributed by atoms with Gasteiger partial charge in [-0.1, -0.05) is 36.4 Å². The third kappa shape index (κ3) is 4.74. The molecule has 0 saturated carbocycles. The number of carbonyl (C=O) groups excluding carboxylic acids is 1. The van der Waals surface area contributed by atoms with Gasteiger partial charge in [0.25, 0.3) is 5.91 Å². The van der Waals surface area contributed by atoms with Crippen LogP contribution in [0.5, 0.6) is 11.5 Å². The van der Waals surface area contributed by atoms with Crippen molar-refractivity contribution in [2.24, 2.45) is 0 Å². The molecule has 1 unspecified atom stereocenters. The quantitative estimate of drug-likeness (QED) is 0.851. The maximum absolute atomic E-state index is 12.2. The molecule has 2 aromatic carbocycles. The zero-order chi connectivity index (χ0) is 16.7. The molecule has 4 nitrogen and oxygen atoms in total. The lowest BCUT2D eigenvalue weighted by Gasteiger charge is -2.17. The molecule has 0 heterocycles. The summed E-state index contributed by atoms with van der Waals surface area (Å²) < 4.78 is 11.3. The molecule has 122 valence electrons. The highest BCUT2D eigenvalue weighted by Crippen LogP contribution is 2.19. The van der Waals surface area contributed by atoms with Gasteiger partial charge < -0.3 is 14.8 Å². The molecule has 0 aliphatic rings. The Hall–Kier alpha value is -2.49. The van der Waals surface area contributed by atoms with E-state index in [0.717, 1.165) is 22.6 Å². The molecular weight excluding hydrogens is 290 g/mol. The number of hydrogen-bond donors (Lipinski definition) is 1. The second kappa shape index (κ2) is 8.22. The molecule has 23 heavy (non-hydrogen) atoms. The predicted octanol–water partition coefficient (Wildman–Crippen LogP) is 3.48. The van der Waals surface area contributed by atoms with Gasteiger partial charge in [-0.25, -0.2) is 0 Å². The largest absolute Gasteiger partial charge is 0.494 e. The summed E-state index contributed by atoms with van der Waals surface area (Å²) in [6.45, 7) is 6.65. The van der Waals surface area contributed by atoms with Gasteiger partial charge in [0.1, 0.15) is 11.5 Å². The lowest BCUT2D eigenvalue weighted by molar-refractivity contribution is -0.127. The van der Waals surface area contributed by atoms with E-state index in [2.05, 4.69) is 5.32 Å². The average Bonchev–Trinajstić information content (AvgIpc) is 2.56. The minimum Gasteiger partial charge on any atom is -0.494 e. The van der Waals surface area contributed by atoms with Crippen molar-refractivity contribution in [3.05, 3.63) is 59.7 Å². The molecular formula is C19H23NO3. The molecule has 0 bridgehead atoms. The monoisotopic (exact) mass is 313 g/mol. The van der Waals surface area contributed by atoms with E-state index in [1.54, 1.807) is 6.92 Å². The van der Waals surface area contributed by atoms with Crippen molar-refractivity contribution in [3.63, 3.8) is 0 Å². The SMILES string of the molecule is CCOc1ccccc1CNC(=O)C(C)Oc1ccccc1C.